The number of amides is 1. The number of carbonyl (C=O) groups is 1. The molecule has 0 aliphatic rings. The molecule has 0 atom stereocenters. The second-order valence-corrected chi connectivity index (χ2v) is 3.85. The van der Waals surface area contributed by atoms with Gasteiger partial charge in [0.15, 0.2) is 0 Å². The Labute approximate surface area is 103 Å². The largest absolute Gasteiger partial charge is 0.361 e. The van der Waals surface area contributed by atoms with Gasteiger partial charge in [-0.15, -0.1) is 0 Å². The van der Waals surface area contributed by atoms with Crippen molar-refractivity contribution in [2.45, 2.75) is 13.3 Å². The van der Waals surface area contributed by atoms with Crippen molar-refractivity contribution in [3.05, 3.63) is 51.8 Å². The standard InChI is InChI=1S/C12H13N3O3/c1-8-7-9(18-15-8)4-6-14-12(17)10-3-2-5-13-11(10)16/h2-3,5,7H,4,6H2,1H3,(H,13,16)(H,14,17). The summed E-state index contributed by atoms with van der Waals surface area (Å²) in [5.41, 5.74) is 0.507. The highest BCUT2D eigenvalue weighted by Gasteiger charge is 2.09. The first-order chi connectivity index (χ1) is 8.66. The van der Waals surface area contributed by atoms with Crippen LogP contribution in [0.25, 0.3) is 0 Å². The van der Waals surface area contributed by atoms with Crippen LogP contribution in [0.2, 0.25) is 0 Å². The number of nitrogens with one attached hydrogen (secondary N) is 2. The predicted molar refractivity (Wildman–Crippen MR) is 64.3 cm³/mol. The molecule has 2 N–H and O–H groups in total. The minimum Gasteiger partial charge on any atom is -0.361 e. The smallest absolute Gasteiger partial charge is 0.260 e. The van der Waals surface area contributed by atoms with Gasteiger partial charge in [0, 0.05) is 25.2 Å². The van der Waals surface area contributed by atoms with Crippen LogP contribution in [0.15, 0.2) is 33.7 Å². The molecule has 0 aliphatic carbocycles. The molecule has 2 aromatic rings. The van der Waals surface area contributed by atoms with Gasteiger partial charge in [-0.1, -0.05) is 5.16 Å². The SMILES string of the molecule is Cc1cc(CCNC(=O)c2ccc[nH]c2=O)on1. The maximum absolute atomic E-state index is 11.7. The van der Waals surface area contributed by atoms with Crippen molar-refractivity contribution in [1.29, 1.82) is 0 Å². The first-order valence-electron chi connectivity index (χ1n) is 5.55. The van der Waals surface area contributed by atoms with Gasteiger partial charge in [0.05, 0.1) is 5.69 Å². The number of rotatable bonds is 4. The number of carbonyl (C=O) groups excluding carboxylic acids is 1. The van der Waals surface area contributed by atoms with Gasteiger partial charge in [-0.3, -0.25) is 9.59 Å². The molecular formula is C12H13N3O3. The molecule has 2 aromatic heterocycles. The summed E-state index contributed by atoms with van der Waals surface area (Å²) in [7, 11) is 0. The third-order valence-electron chi connectivity index (χ3n) is 2.40. The van der Waals surface area contributed by atoms with E-state index >= 15 is 0 Å². The lowest BCUT2D eigenvalue weighted by Gasteiger charge is -2.02. The summed E-state index contributed by atoms with van der Waals surface area (Å²) in [6.45, 7) is 2.22. The predicted octanol–water partition coefficient (Wildman–Crippen LogP) is 0.644. The first kappa shape index (κ1) is 12.1. The molecular weight excluding hydrogens is 234 g/mol. The zero-order valence-electron chi connectivity index (χ0n) is 9.90. The molecule has 0 aliphatic heterocycles. The molecule has 2 heterocycles. The second kappa shape index (κ2) is 5.31. The summed E-state index contributed by atoms with van der Waals surface area (Å²) >= 11 is 0. The highest BCUT2D eigenvalue weighted by molar-refractivity contribution is 5.93. The third kappa shape index (κ3) is 2.85. The van der Waals surface area contributed by atoms with Gasteiger partial charge in [-0.25, -0.2) is 0 Å². The van der Waals surface area contributed by atoms with Crippen molar-refractivity contribution in [1.82, 2.24) is 15.5 Å². The highest BCUT2D eigenvalue weighted by atomic mass is 16.5. The van der Waals surface area contributed by atoms with Crippen molar-refractivity contribution in [2.75, 3.05) is 6.54 Å². The van der Waals surface area contributed by atoms with Gasteiger partial charge in [-0.2, -0.15) is 0 Å². The monoisotopic (exact) mass is 247 g/mol. The molecule has 6 heteroatoms. The van der Waals surface area contributed by atoms with Gasteiger partial charge < -0.3 is 14.8 Å². The summed E-state index contributed by atoms with van der Waals surface area (Å²) in [6.07, 6.45) is 2.02. The molecule has 18 heavy (non-hydrogen) atoms. The number of nitrogens with zero attached hydrogens (tertiary/aromatic N) is 1. The molecule has 6 nitrogen and oxygen atoms in total. The molecule has 2 rings (SSSR count). The van der Waals surface area contributed by atoms with E-state index in [0.717, 1.165) is 5.69 Å². The number of aryl methyl sites for hydroxylation is 1. The number of aromatic nitrogens is 2. The summed E-state index contributed by atoms with van der Waals surface area (Å²) in [5, 5.41) is 6.39. The van der Waals surface area contributed by atoms with E-state index in [0.29, 0.717) is 18.7 Å². The van der Waals surface area contributed by atoms with Crippen LogP contribution in [-0.2, 0) is 6.42 Å². The Morgan fingerprint density at radius 2 is 2.39 bits per heavy atom. The fourth-order valence-electron chi connectivity index (χ4n) is 1.53. The maximum atomic E-state index is 11.7. The Kier molecular flexibility index (Phi) is 3.57. The van der Waals surface area contributed by atoms with Crippen LogP contribution >= 0.6 is 0 Å². The zero-order valence-corrected chi connectivity index (χ0v) is 9.90. The number of H-pyrrole nitrogens is 1. The quantitative estimate of drug-likeness (QED) is 0.830. The van der Waals surface area contributed by atoms with Crippen LogP contribution in [0.3, 0.4) is 0 Å². The Balaban J connectivity index is 1.89. The number of pyridine rings is 1. The summed E-state index contributed by atoms with van der Waals surface area (Å²) in [5.74, 6) is 0.308. The fourth-order valence-corrected chi connectivity index (χ4v) is 1.53. The van der Waals surface area contributed by atoms with E-state index in [1.165, 1.54) is 12.3 Å². The number of hydrogen-bond acceptors (Lipinski definition) is 4. The van der Waals surface area contributed by atoms with Crippen molar-refractivity contribution in [2.24, 2.45) is 0 Å². The molecule has 0 unspecified atom stereocenters. The van der Waals surface area contributed by atoms with Crippen LogP contribution < -0.4 is 10.9 Å². The van der Waals surface area contributed by atoms with Crippen molar-refractivity contribution in [3.63, 3.8) is 0 Å². The fraction of sp³-hybridized carbons (Fsp3) is 0.250. The molecule has 0 spiro atoms. The Morgan fingerprint density at radius 3 is 3.06 bits per heavy atom. The second-order valence-electron chi connectivity index (χ2n) is 3.85. The van der Waals surface area contributed by atoms with Crippen LogP contribution in [0.5, 0.6) is 0 Å². The summed E-state index contributed by atoms with van der Waals surface area (Å²) in [4.78, 5) is 25.5. The molecule has 0 radical (unpaired) electrons. The Hall–Kier alpha value is -2.37. The van der Waals surface area contributed by atoms with Crippen molar-refractivity contribution < 1.29 is 9.32 Å². The topological polar surface area (TPSA) is 88.0 Å². The van der Waals surface area contributed by atoms with Crippen LogP contribution in [0, 0.1) is 6.92 Å². The van der Waals surface area contributed by atoms with E-state index in [-0.39, 0.29) is 5.56 Å². The molecule has 94 valence electrons. The number of aromatic amines is 1. The highest BCUT2D eigenvalue weighted by Crippen LogP contribution is 2.02. The Morgan fingerprint density at radius 1 is 1.56 bits per heavy atom. The molecule has 1 amide bonds. The molecule has 0 fully saturated rings. The van der Waals surface area contributed by atoms with E-state index in [1.807, 2.05) is 13.0 Å². The maximum Gasteiger partial charge on any atom is 0.260 e. The van der Waals surface area contributed by atoms with E-state index < -0.39 is 11.5 Å². The van der Waals surface area contributed by atoms with Gasteiger partial charge in [0.2, 0.25) is 0 Å². The van der Waals surface area contributed by atoms with Crippen LogP contribution in [-0.4, -0.2) is 22.6 Å². The van der Waals surface area contributed by atoms with Gasteiger partial charge in [0.1, 0.15) is 11.3 Å². The van der Waals surface area contributed by atoms with E-state index in [4.69, 9.17) is 4.52 Å². The Bertz CT molecular complexity index is 600. The lowest BCUT2D eigenvalue weighted by atomic mass is 10.2. The van der Waals surface area contributed by atoms with Crippen molar-refractivity contribution >= 4 is 5.91 Å². The molecule has 0 bridgehead atoms. The first-order valence-corrected chi connectivity index (χ1v) is 5.55. The van der Waals surface area contributed by atoms with Crippen molar-refractivity contribution in [3.8, 4) is 0 Å². The minimum absolute atomic E-state index is 0.103. The van der Waals surface area contributed by atoms with Gasteiger partial charge in [0.25, 0.3) is 11.5 Å². The lowest BCUT2D eigenvalue weighted by molar-refractivity contribution is 0.0952. The van der Waals surface area contributed by atoms with Gasteiger partial charge in [-0.05, 0) is 19.1 Å². The molecule has 0 aromatic carbocycles. The summed E-state index contributed by atoms with van der Waals surface area (Å²) in [6, 6.07) is 4.89. The number of hydrogen-bond donors (Lipinski definition) is 2. The lowest BCUT2D eigenvalue weighted by Crippen LogP contribution is -2.30. The van der Waals surface area contributed by atoms with Crippen LogP contribution in [0.4, 0.5) is 0 Å². The van der Waals surface area contributed by atoms with Gasteiger partial charge >= 0.3 is 0 Å². The third-order valence-corrected chi connectivity index (χ3v) is 2.40. The molecule has 0 saturated heterocycles. The van der Waals surface area contributed by atoms with Crippen LogP contribution in [0.1, 0.15) is 21.8 Å². The normalized spacial score (nSPS) is 10.3. The minimum atomic E-state index is -0.398. The average molecular weight is 247 g/mol. The zero-order chi connectivity index (χ0) is 13.0. The van der Waals surface area contributed by atoms with E-state index in [9.17, 15) is 9.59 Å². The van der Waals surface area contributed by atoms with E-state index in [1.54, 1.807) is 6.07 Å². The summed E-state index contributed by atoms with van der Waals surface area (Å²) < 4.78 is 5.01. The molecule has 0 saturated carbocycles. The van der Waals surface area contributed by atoms with E-state index in [2.05, 4.69) is 15.5 Å². The average Bonchev–Trinajstić information content (AvgIpc) is 2.75.